The van der Waals surface area contributed by atoms with Gasteiger partial charge in [-0.2, -0.15) is 9.97 Å². The number of anilines is 3. The van der Waals surface area contributed by atoms with E-state index in [1.54, 1.807) is 0 Å². The SMILES string of the molecule is OCCN1CCN(c2cc(N3CCOCC3)nc(NCc3ccc(CNCCCNC4CCCCC4)cc3)n2)CC1. The van der Waals surface area contributed by atoms with Gasteiger partial charge in [0, 0.05) is 71.0 Å². The van der Waals surface area contributed by atoms with E-state index in [4.69, 9.17) is 14.7 Å². The molecule has 0 radical (unpaired) electrons. The lowest BCUT2D eigenvalue weighted by Gasteiger charge is -2.36. The average Bonchev–Trinajstić information content (AvgIpc) is 3.03. The number of aliphatic hydroxyl groups is 1. The summed E-state index contributed by atoms with van der Waals surface area (Å²) in [4.78, 5) is 16.7. The van der Waals surface area contributed by atoms with Gasteiger partial charge in [0.1, 0.15) is 11.6 Å². The van der Waals surface area contributed by atoms with Crippen LogP contribution in [-0.4, -0.2) is 105 Å². The predicted molar refractivity (Wildman–Crippen MR) is 166 cm³/mol. The Balaban J connectivity index is 1.10. The summed E-state index contributed by atoms with van der Waals surface area (Å²) in [5.74, 6) is 2.58. The number of morpholine rings is 1. The lowest BCUT2D eigenvalue weighted by atomic mass is 9.95. The van der Waals surface area contributed by atoms with Crippen molar-refractivity contribution in [2.24, 2.45) is 0 Å². The molecule has 1 aromatic carbocycles. The standard InChI is InChI=1S/C31H50N8O2/c40-20-17-37-13-15-38(16-14-37)29-23-30(39-18-21-41-22-19-39)36-31(35-29)34-25-27-9-7-26(8-10-27)24-32-11-4-12-33-28-5-2-1-3-6-28/h7-10,23,28,32-33,40H,1-6,11-22,24-25H2,(H,34,35,36). The summed E-state index contributed by atoms with van der Waals surface area (Å²) in [6.45, 7) is 11.4. The molecule has 2 saturated heterocycles. The van der Waals surface area contributed by atoms with Gasteiger partial charge in [-0.15, -0.1) is 0 Å². The summed E-state index contributed by atoms with van der Waals surface area (Å²) in [6.07, 6.45) is 8.06. The average molecular weight is 567 g/mol. The van der Waals surface area contributed by atoms with Gasteiger partial charge in [0.25, 0.3) is 0 Å². The van der Waals surface area contributed by atoms with Gasteiger partial charge in [0.15, 0.2) is 0 Å². The Morgan fingerprint density at radius 3 is 2.15 bits per heavy atom. The van der Waals surface area contributed by atoms with Gasteiger partial charge in [-0.1, -0.05) is 43.5 Å². The van der Waals surface area contributed by atoms with E-state index in [1.807, 2.05) is 0 Å². The number of nitrogens with zero attached hydrogens (tertiary/aromatic N) is 5. The highest BCUT2D eigenvalue weighted by Gasteiger charge is 2.21. The van der Waals surface area contributed by atoms with Gasteiger partial charge < -0.3 is 35.6 Å². The third-order valence-electron chi connectivity index (χ3n) is 8.52. The second kappa shape index (κ2) is 16.2. The summed E-state index contributed by atoms with van der Waals surface area (Å²) >= 11 is 0. The van der Waals surface area contributed by atoms with Crippen LogP contribution in [0.3, 0.4) is 0 Å². The Kier molecular flexibility index (Phi) is 11.9. The second-order valence-corrected chi connectivity index (χ2v) is 11.5. The van der Waals surface area contributed by atoms with E-state index in [1.165, 1.54) is 49.7 Å². The summed E-state index contributed by atoms with van der Waals surface area (Å²) in [5, 5.41) is 20.1. The number of hydrogen-bond acceptors (Lipinski definition) is 10. The molecule has 2 aliphatic heterocycles. The molecule has 10 heteroatoms. The van der Waals surface area contributed by atoms with Gasteiger partial charge in [0.05, 0.1) is 19.8 Å². The Bertz CT molecular complexity index is 1020. The summed E-state index contributed by atoms with van der Waals surface area (Å²) in [7, 11) is 0. The van der Waals surface area contributed by atoms with Crippen molar-refractivity contribution in [2.75, 3.05) is 93.8 Å². The van der Waals surface area contributed by atoms with Gasteiger partial charge in [0.2, 0.25) is 5.95 Å². The van der Waals surface area contributed by atoms with E-state index in [0.717, 1.165) is 96.3 Å². The first kappa shape index (κ1) is 30.0. The quantitative estimate of drug-likeness (QED) is 0.255. The minimum absolute atomic E-state index is 0.207. The molecule has 2 aromatic rings. The van der Waals surface area contributed by atoms with Gasteiger partial charge in [-0.25, -0.2) is 0 Å². The number of piperazine rings is 1. The zero-order valence-corrected chi connectivity index (χ0v) is 24.7. The van der Waals surface area contributed by atoms with E-state index in [-0.39, 0.29) is 6.61 Å². The van der Waals surface area contributed by atoms with Crippen molar-refractivity contribution in [1.29, 1.82) is 0 Å². The summed E-state index contributed by atoms with van der Waals surface area (Å²) < 4.78 is 5.57. The van der Waals surface area contributed by atoms with Gasteiger partial charge >= 0.3 is 0 Å². The molecule has 0 amide bonds. The number of benzene rings is 1. The van der Waals surface area contributed by atoms with E-state index >= 15 is 0 Å². The van der Waals surface area contributed by atoms with Gasteiger partial charge in [-0.05, 0) is 43.5 Å². The molecule has 3 heterocycles. The molecule has 0 atom stereocenters. The van der Waals surface area contributed by atoms with E-state index in [2.05, 4.69) is 61.0 Å². The van der Waals surface area contributed by atoms with Crippen LogP contribution in [0.1, 0.15) is 49.7 Å². The van der Waals surface area contributed by atoms with Crippen molar-refractivity contribution in [2.45, 2.75) is 57.7 Å². The van der Waals surface area contributed by atoms with Crippen LogP contribution < -0.4 is 25.8 Å². The van der Waals surface area contributed by atoms with E-state index < -0.39 is 0 Å². The van der Waals surface area contributed by atoms with Crippen LogP contribution in [0.25, 0.3) is 0 Å². The highest BCUT2D eigenvalue weighted by Crippen LogP contribution is 2.24. The Labute approximate surface area is 245 Å². The zero-order chi connectivity index (χ0) is 28.1. The molecule has 226 valence electrons. The van der Waals surface area contributed by atoms with Crippen molar-refractivity contribution < 1.29 is 9.84 Å². The van der Waals surface area contributed by atoms with Gasteiger partial charge in [-0.3, -0.25) is 4.90 Å². The molecule has 5 rings (SSSR count). The maximum atomic E-state index is 9.29. The van der Waals surface area contributed by atoms with E-state index in [0.29, 0.717) is 12.5 Å². The number of rotatable bonds is 14. The minimum Gasteiger partial charge on any atom is -0.395 e. The Hall–Kier alpha value is -2.50. The smallest absolute Gasteiger partial charge is 0.226 e. The first-order chi connectivity index (χ1) is 20.3. The van der Waals surface area contributed by atoms with Crippen LogP contribution in [0.4, 0.5) is 17.6 Å². The topological polar surface area (TPSA) is 101 Å². The number of aromatic nitrogens is 2. The molecule has 41 heavy (non-hydrogen) atoms. The molecule has 3 aliphatic rings. The zero-order valence-electron chi connectivity index (χ0n) is 24.7. The number of nitrogens with one attached hydrogen (secondary N) is 3. The van der Waals surface area contributed by atoms with Crippen molar-refractivity contribution in [3.63, 3.8) is 0 Å². The van der Waals surface area contributed by atoms with Crippen molar-refractivity contribution >= 4 is 17.6 Å². The molecule has 3 fully saturated rings. The number of β-amino-alcohol motifs (C(OH)–C–C–N with tert-alkyl or cyclic N) is 1. The maximum absolute atomic E-state index is 9.29. The number of aliphatic hydroxyl groups excluding tert-OH is 1. The molecular formula is C31H50N8O2. The van der Waals surface area contributed by atoms with Crippen molar-refractivity contribution in [3.8, 4) is 0 Å². The lowest BCUT2D eigenvalue weighted by molar-refractivity contribution is 0.122. The van der Waals surface area contributed by atoms with Crippen LogP contribution in [-0.2, 0) is 17.8 Å². The second-order valence-electron chi connectivity index (χ2n) is 11.5. The molecule has 0 bridgehead atoms. The van der Waals surface area contributed by atoms with E-state index in [9.17, 15) is 5.11 Å². The molecule has 0 unspecified atom stereocenters. The van der Waals surface area contributed by atoms with Crippen LogP contribution in [0.2, 0.25) is 0 Å². The van der Waals surface area contributed by atoms with Crippen molar-refractivity contribution in [1.82, 2.24) is 25.5 Å². The molecule has 10 nitrogen and oxygen atoms in total. The fourth-order valence-electron chi connectivity index (χ4n) is 5.97. The minimum atomic E-state index is 0.207. The highest BCUT2D eigenvalue weighted by atomic mass is 16.5. The van der Waals surface area contributed by atoms with Crippen molar-refractivity contribution in [3.05, 3.63) is 41.5 Å². The normalized spacial score (nSPS) is 19.0. The summed E-state index contributed by atoms with van der Waals surface area (Å²) in [5.41, 5.74) is 2.52. The molecule has 1 saturated carbocycles. The molecular weight excluding hydrogens is 516 g/mol. The van der Waals surface area contributed by atoms with Crippen LogP contribution in [0, 0.1) is 0 Å². The predicted octanol–water partition coefficient (Wildman–Crippen LogP) is 2.44. The lowest BCUT2D eigenvalue weighted by Crippen LogP contribution is -2.47. The first-order valence-corrected chi connectivity index (χ1v) is 15.8. The third kappa shape index (κ3) is 9.51. The van der Waals surface area contributed by atoms with Crippen LogP contribution in [0.5, 0.6) is 0 Å². The largest absolute Gasteiger partial charge is 0.395 e. The molecule has 0 spiro atoms. The fraction of sp³-hybridized carbons (Fsp3) is 0.677. The monoisotopic (exact) mass is 566 g/mol. The Morgan fingerprint density at radius 2 is 1.46 bits per heavy atom. The maximum Gasteiger partial charge on any atom is 0.226 e. The highest BCUT2D eigenvalue weighted by molar-refractivity contribution is 5.55. The Morgan fingerprint density at radius 1 is 0.805 bits per heavy atom. The van der Waals surface area contributed by atoms with Crippen LogP contribution >= 0.6 is 0 Å². The number of ether oxygens (including phenoxy) is 1. The summed E-state index contributed by atoms with van der Waals surface area (Å²) in [6, 6.07) is 11.7. The molecule has 4 N–H and O–H groups in total. The number of hydrogen-bond donors (Lipinski definition) is 4. The third-order valence-corrected chi connectivity index (χ3v) is 8.52. The van der Waals surface area contributed by atoms with Crippen LogP contribution in [0.15, 0.2) is 30.3 Å². The molecule has 1 aliphatic carbocycles. The molecule has 1 aromatic heterocycles. The fourth-order valence-corrected chi connectivity index (χ4v) is 5.97. The first-order valence-electron chi connectivity index (χ1n) is 15.8.